The Morgan fingerprint density at radius 1 is 1.08 bits per heavy atom. The summed E-state index contributed by atoms with van der Waals surface area (Å²) in [6.45, 7) is 5.82. The fraction of sp³-hybridized carbons (Fsp3) is 0.238. The van der Waals surface area contributed by atoms with Gasteiger partial charge in [0.25, 0.3) is 0 Å². The maximum Gasteiger partial charge on any atom is 0.313 e. The molecule has 0 aliphatic rings. The molecule has 0 saturated heterocycles. The van der Waals surface area contributed by atoms with Gasteiger partial charge in [-0.1, -0.05) is 54.6 Å². The highest BCUT2D eigenvalue weighted by Crippen LogP contribution is 2.20. The number of hydrogen-bond acceptors (Lipinski definition) is 3. The van der Waals surface area contributed by atoms with E-state index in [0.29, 0.717) is 17.7 Å². The van der Waals surface area contributed by atoms with E-state index in [-0.39, 0.29) is 11.8 Å². The summed E-state index contributed by atoms with van der Waals surface area (Å²) < 4.78 is 5.27. The van der Waals surface area contributed by atoms with Gasteiger partial charge in [0, 0.05) is 11.1 Å². The summed E-state index contributed by atoms with van der Waals surface area (Å²) in [5, 5.41) is 0. The van der Waals surface area contributed by atoms with Crippen LogP contribution in [0.1, 0.15) is 47.2 Å². The second-order valence-corrected chi connectivity index (χ2v) is 5.64. The van der Waals surface area contributed by atoms with Gasteiger partial charge in [-0.05, 0) is 31.4 Å². The molecule has 1 unspecified atom stereocenters. The van der Waals surface area contributed by atoms with Crippen molar-refractivity contribution in [3.63, 3.8) is 0 Å². The smallest absolute Gasteiger partial charge is 0.313 e. The van der Waals surface area contributed by atoms with Crippen molar-refractivity contribution in [3.8, 4) is 0 Å². The second-order valence-electron chi connectivity index (χ2n) is 5.64. The van der Waals surface area contributed by atoms with Crippen molar-refractivity contribution in [2.45, 2.75) is 25.7 Å². The van der Waals surface area contributed by atoms with E-state index in [2.05, 4.69) is 6.58 Å². The molecule has 0 N–H and O–H groups in total. The third-order valence-corrected chi connectivity index (χ3v) is 3.84. The topological polar surface area (TPSA) is 43.4 Å². The van der Waals surface area contributed by atoms with Gasteiger partial charge in [0.05, 0.1) is 12.5 Å². The lowest BCUT2D eigenvalue weighted by Gasteiger charge is -2.12. The average molecular weight is 322 g/mol. The Bertz CT molecular complexity index is 704. The first-order valence-corrected chi connectivity index (χ1v) is 8.10. The lowest BCUT2D eigenvalue weighted by Crippen LogP contribution is -2.14. The minimum atomic E-state index is -0.405. The summed E-state index contributed by atoms with van der Waals surface area (Å²) in [7, 11) is 0. The van der Waals surface area contributed by atoms with Crippen LogP contribution < -0.4 is 0 Å². The molecule has 3 heteroatoms. The molecule has 2 rings (SSSR count). The zero-order valence-electron chi connectivity index (χ0n) is 13.9. The average Bonchev–Trinajstić information content (AvgIpc) is 2.64. The molecule has 0 aliphatic carbocycles. The van der Waals surface area contributed by atoms with Gasteiger partial charge in [0.15, 0.2) is 5.78 Å². The van der Waals surface area contributed by atoms with Crippen LogP contribution in [0.3, 0.4) is 0 Å². The Kier molecular flexibility index (Phi) is 6.50. The van der Waals surface area contributed by atoms with Crippen LogP contribution in [0.4, 0.5) is 0 Å². The number of unbranched alkanes of at least 4 members (excludes halogenated alkanes) is 1. The standard InChI is InChI=1S/C21H22O3/c1-3-4-8-14-24-21(23)16(2)18-12-9-13-19(15-18)20(22)17-10-6-5-7-11-17/h3,5-7,9-13,15-16H,1,4,8,14H2,2H3. The van der Waals surface area contributed by atoms with Gasteiger partial charge in [0.2, 0.25) is 0 Å². The minimum Gasteiger partial charge on any atom is -0.465 e. The van der Waals surface area contributed by atoms with Crippen molar-refractivity contribution in [2.24, 2.45) is 0 Å². The van der Waals surface area contributed by atoms with Gasteiger partial charge in [-0.2, -0.15) is 0 Å². The molecule has 0 fully saturated rings. The summed E-state index contributed by atoms with van der Waals surface area (Å²) in [4.78, 5) is 24.6. The van der Waals surface area contributed by atoms with Crippen LogP contribution in [0.5, 0.6) is 0 Å². The molecule has 0 amide bonds. The maximum absolute atomic E-state index is 12.5. The highest BCUT2D eigenvalue weighted by atomic mass is 16.5. The van der Waals surface area contributed by atoms with Crippen LogP contribution in [-0.2, 0) is 9.53 Å². The van der Waals surface area contributed by atoms with Gasteiger partial charge >= 0.3 is 5.97 Å². The van der Waals surface area contributed by atoms with E-state index in [1.165, 1.54) is 0 Å². The summed E-state index contributed by atoms with van der Waals surface area (Å²) in [5.74, 6) is -0.732. The van der Waals surface area contributed by atoms with E-state index < -0.39 is 5.92 Å². The lowest BCUT2D eigenvalue weighted by atomic mass is 9.96. The van der Waals surface area contributed by atoms with E-state index >= 15 is 0 Å². The second kappa shape index (κ2) is 8.82. The quantitative estimate of drug-likeness (QED) is 0.310. The molecule has 3 nitrogen and oxygen atoms in total. The molecule has 2 aromatic carbocycles. The minimum absolute atomic E-state index is 0.0519. The maximum atomic E-state index is 12.5. The zero-order chi connectivity index (χ0) is 17.4. The van der Waals surface area contributed by atoms with E-state index in [9.17, 15) is 9.59 Å². The Hall–Kier alpha value is -2.68. The third-order valence-electron chi connectivity index (χ3n) is 3.84. The molecule has 0 aromatic heterocycles. The Morgan fingerprint density at radius 2 is 1.79 bits per heavy atom. The third kappa shape index (κ3) is 4.66. The van der Waals surface area contributed by atoms with Crippen LogP contribution in [0.2, 0.25) is 0 Å². The van der Waals surface area contributed by atoms with Gasteiger partial charge in [-0.3, -0.25) is 9.59 Å². The van der Waals surface area contributed by atoms with Crippen LogP contribution in [0.25, 0.3) is 0 Å². The number of allylic oxidation sites excluding steroid dienone is 1. The van der Waals surface area contributed by atoms with Crippen molar-refractivity contribution in [1.82, 2.24) is 0 Å². The molecule has 24 heavy (non-hydrogen) atoms. The number of benzene rings is 2. The molecular weight excluding hydrogens is 300 g/mol. The first-order chi connectivity index (χ1) is 11.6. The number of ether oxygens (including phenoxy) is 1. The van der Waals surface area contributed by atoms with Crippen LogP contribution in [0.15, 0.2) is 67.3 Å². The Balaban J connectivity index is 2.08. The largest absolute Gasteiger partial charge is 0.465 e. The highest BCUT2D eigenvalue weighted by Gasteiger charge is 2.18. The first-order valence-electron chi connectivity index (χ1n) is 8.10. The summed E-state index contributed by atoms with van der Waals surface area (Å²) in [6.07, 6.45) is 3.40. The molecular formula is C21H22O3. The van der Waals surface area contributed by atoms with Gasteiger partial charge in [-0.25, -0.2) is 0 Å². The number of carbonyl (C=O) groups excluding carboxylic acids is 2. The Labute approximate surface area is 143 Å². The van der Waals surface area contributed by atoms with E-state index in [0.717, 1.165) is 18.4 Å². The SMILES string of the molecule is C=CCCCOC(=O)C(C)c1cccc(C(=O)c2ccccc2)c1. The van der Waals surface area contributed by atoms with Crippen molar-refractivity contribution in [2.75, 3.05) is 6.61 Å². The number of ketones is 1. The Morgan fingerprint density at radius 3 is 2.50 bits per heavy atom. The molecule has 0 bridgehead atoms. The number of rotatable bonds is 8. The summed E-state index contributed by atoms with van der Waals surface area (Å²) in [6, 6.07) is 16.3. The van der Waals surface area contributed by atoms with Gasteiger partial charge < -0.3 is 4.74 Å². The van der Waals surface area contributed by atoms with Crippen LogP contribution >= 0.6 is 0 Å². The molecule has 124 valence electrons. The van der Waals surface area contributed by atoms with Gasteiger partial charge in [-0.15, -0.1) is 6.58 Å². The number of hydrogen-bond donors (Lipinski definition) is 0. The predicted octanol–water partition coefficient (Wildman–Crippen LogP) is 4.53. The fourth-order valence-corrected chi connectivity index (χ4v) is 2.37. The number of esters is 1. The molecule has 0 radical (unpaired) electrons. The molecule has 0 saturated carbocycles. The molecule has 0 spiro atoms. The monoisotopic (exact) mass is 322 g/mol. The molecule has 0 heterocycles. The molecule has 0 aliphatic heterocycles. The molecule has 2 aromatic rings. The molecule has 1 atom stereocenters. The number of carbonyl (C=O) groups is 2. The summed E-state index contributed by atoms with van der Waals surface area (Å²) >= 11 is 0. The predicted molar refractivity (Wildman–Crippen MR) is 95.1 cm³/mol. The van der Waals surface area contributed by atoms with E-state index in [4.69, 9.17) is 4.74 Å². The van der Waals surface area contributed by atoms with E-state index in [1.807, 2.05) is 24.3 Å². The normalized spacial score (nSPS) is 11.5. The highest BCUT2D eigenvalue weighted by molar-refractivity contribution is 6.09. The van der Waals surface area contributed by atoms with Gasteiger partial charge in [0.1, 0.15) is 0 Å². The first kappa shape index (κ1) is 17.7. The lowest BCUT2D eigenvalue weighted by molar-refractivity contribution is -0.145. The van der Waals surface area contributed by atoms with Crippen molar-refractivity contribution in [3.05, 3.63) is 83.9 Å². The summed E-state index contributed by atoms with van der Waals surface area (Å²) in [5.41, 5.74) is 1.99. The van der Waals surface area contributed by atoms with Crippen molar-refractivity contribution in [1.29, 1.82) is 0 Å². The van der Waals surface area contributed by atoms with Crippen molar-refractivity contribution >= 4 is 11.8 Å². The fourth-order valence-electron chi connectivity index (χ4n) is 2.37. The zero-order valence-corrected chi connectivity index (χ0v) is 13.9. The van der Waals surface area contributed by atoms with Crippen molar-refractivity contribution < 1.29 is 14.3 Å². The van der Waals surface area contributed by atoms with Crippen LogP contribution in [0, 0.1) is 0 Å². The van der Waals surface area contributed by atoms with Crippen LogP contribution in [-0.4, -0.2) is 18.4 Å². The van der Waals surface area contributed by atoms with E-state index in [1.54, 1.807) is 43.3 Å².